The van der Waals surface area contributed by atoms with Gasteiger partial charge in [-0.3, -0.25) is 13.8 Å². The van der Waals surface area contributed by atoms with E-state index < -0.39 is 10.4 Å². The summed E-state index contributed by atoms with van der Waals surface area (Å²) in [6.07, 6.45) is 11.5. The Morgan fingerprint density at radius 2 is 1.49 bits per heavy atom. The van der Waals surface area contributed by atoms with E-state index in [4.69, 9.17) is 14.0 Å². The summed E-state index contributed by atoms with van der Waals surface area (Å²) in [7, 11) is -4.23. The second kappa shape index (κ2) is 20.4. The van der Waals surface area contributed by atoms with Crippen LogP contribution in [-0.2, 0) is 14.6 Å². The summed E-state index contributed by atoms with van der Waals surface area (Å²) in [5.74, 6) is 2.01. The van der Waals surface area contributed by atoms with Gasteiger partial charge in [0.05, 0.1) is 13.3 Å². The van der Waals surface area contributed by atoms with Gasteiger partial charge in [0, 0.05) is 36.7 Å². The van der Waals surface area contributed by atoms with Crippen molar-refractivity contribution in [1.82, 2.24) is 4.90 Å². The minimum atomic E-state index is -4.23. The van der Waals surface area contributed by atoms with E-state index in [2.05, 4.69) is 16.0 Å². The largest absolute Gasteiger partial charge is 0.508 e. The number of hydrogen-bond donors (Lipinski definition) is 3. The normalized spacial score (nSPS) is 16.1. The lowest BCUT2D eigenvalue weighted by molar-refractivity contribution is 0.0668. The Hall–Kier alpha value is -3.64. The third kappa shape index (κ3) is 13.1. The van der Waals surface area contributed by atoms with Gasteiger partial charge in [-0.2, -0.15) is 8.42 Å². The highest BCUT2D eigenvalue weighted by molar-refractivity contribution is 7.80. The van der Waals surface area contributed by atoms with Gasteiger partial charge in [0.25, 0.3) is 0 Å². The van der Waals surface area contributed by atoms with Crippen LogP contribution in [0.25, 0.3) is 11.1 Å². The third-order valence-electron chi connectivity index (χ3n) is 9.28. The molecular weight excluding hydrogens is 674 g/mol. The number of alkyl halides is 1. The number of benzene rings is 3. The molecule has 280 valence electrons. The van der Waals surface area contributed by atoms with E-state index in [1.165, 1.54) is 44.9 Å². The summed E-state index contributed by atoms with van der Waals surface area (Å²) in [6.45, 7) is 7.03. The maximum atomic E-state index is 12.6. The number of unbranched alkanes of at least 4 members (excludes halogenated alkanes) is 9. The molecule has 2 heterocycles. The first kappa shape index (κ1) is 40.1. The van der Waals surface area contributed by atoms with Gasteiger partial charge in [0.15, 0.2) is 0 Å². The molecule has 9 nitrogen and oxygen atoms in total. The van der Waals surface area contributed by atoms with Gasteiger partial charge in [-0.1, -0.05) is 89.0 Å². The Balaban J connectivity index is 0.000000292. The van der Waals surface area contributed by atoms with Crippen LogP contribution in [0, 0.1) is 5.92 Å². The zero-order chi connectivity index (χ0) is 36.6. The second-order valence-electron chi connectivity index (χ2n) is 13.4. The quantitative estimate of drug-likeness (QED) is 0.0819. The Labute approximate surface area is 303 Å². The van der Waals surface area contributed by atoms with Crippen molar-refractivity contribution in [1.29, 1.82) is 0 Å². The Morgan fingerprint density at radius 3 is 2.12 bits per heavy atom. The molecule has 0 saturated carbocycles. The van der Waals surface area contributed by atoms with Crippen molar-refractivity contribution in [3.05, 3.63) is 83.4 Å². The summed E-state index contributed by atoms with van der Waals surface area (Å²) in [6, 6.07) is 20.1. The molecule has 0 spiro atoms. The number of phenolic OH excluding ortho intramolecular Hbond substituents is 2. The van der Waals surface area contributed by atoms with E-state index in [1.807, 2.05) is 43.3 Å². The lowest BCUT2D eigenvalue weighted by atomic mass is 9.86. The molecule has 1 saturated heterocycles. The van der Waals surface area contributed by atoms with E-state index in [-0.39, 0.29) is 36.8 Å². The molecule has 3 aromatic carbocycles. The van der Waals surface area contributed by atoms with Crippen molar-refractivity contribution in [3.8, 4) is 23.0 Å². The Morgan fingerprint density at radius 1 is 0.843 bits per heavy atom. The lowest BCUT2D eigenvalue weighted by Crippen LogP contribution is -2.49. The number of fused-ring (bicyclic) bond motifs is 1. The standard InChI is InChI=1S/C28H28FNO4.C12H26O4S/c1-18-25-14-23(32)7-10-26(25)34-28(27(18)21-3-2-4-22(31)13-21)20-5-8-24(9-6-20)33-12-11-30-16-19(15-29)17-30;1-2-3-4-5-6-7-8-9-10-11-12-16-17(13,14)15/h2-10,13-14,19,28,31-32H,11-12,15-17H2,1H3;2-12H2,1H3,(H,13,14,15)/t28-;/m0./s1. The summed E-state index contributed by atoms with van der Waals surface area (Å²) >= 11 is 0. The van der Waals surface area contributed by atoms with Crippen LogP contribution in [0.2, 0.25) is 0 Å². The van der Waals surface area contributed by atoms with Gasteiger partial charge in [0.2, 0.25) is 0 Å². The molecule has 1 fully saturated rings. The van der Waals surface area contributed by atoms with Crippen molar-refractivity contribution in [2.75, 3.05) is 39.5 Å². The molecule has 2 aliphatic rings. The van der Waals surface area contributed by atoms with Crippen molar-refractivity contribution >= 4 is 21.5 Å². The number of aromatic hydroxyl groups is 2. The average molecular weight is 728 g/mol. The van der Waals surface area contributed by atoms with Crippen molar-refractivity contribution < 1.29 is 41.2 Å². The molecule has 0 aromatic heterocycles. The highest BCUT2D eigenvalue weighted by Crippen LogP contribution is 2.47. The van der Waals surface area contributed by atoms with E-state index in [0.29, 0.717) is 18.8 Å². The number of hydrogen-bond acceptors (Lipinski definition) is 8. The molecule has 0 amide bonds. The highest BCUT2D eigenvalue weighted by Gasteiger charge is 2.30. The summed E-state index contributed by atoms with van der Waals surface area (Å²) in [4.78, 5) is 2.19. The monoisotopic (exact) mass is 727 g/mol. The van der Waals surface area contributed by atoms with Crippen molar-refractivity contribution in [3.63, 3.8) is 0 Å². The number of ether oxygens (including phenoxy) is 2. The predicted molar refractivity (Wildman–Crippen MR) is 199 cm³/mol. The first-order valence-electron chi connectivity index (χ1n) is 18.2. The number of allylic oxidation sites excluding steroid dienone is 1. The topological polar surface area (TPSA) is 126 Å². The van der Waals surface area contributed by atoms with Crippen LogP contribution in [0.5, 0.6) is 23.0 Å². The van der Waals surface area contributed by atoms with Gasteiger partial charge < -0.3 is 19.7 Å². The van der Waals surface area contributed by atoms with Crippen LogP contribution >= 0.6 is 0 Å². The number of halogens is 1. The van der Waals surface area contributed by atoms with Crippen molar-refractivity contribution in [2.45, 2.75) is 84.2 Å². The van der Waals surface area contributed by atoms with E-state index in [0.717, 1.165) is 66.1 Å². The first-order chi connectivity index (χ1) is 24.6. The molecule has 1 atom stereocenters. The van der Waals surface area contributed by atoms with Gasteiger partial charge >= 0.3 is 10.4 Å². The maximum absolute atomic E-state index is 12.6. The van der Waals surface area contributed by atoms with Gasteiger partial charge in [0.1, 0.15) is 35.7 Å². The van der Waals surface area contributed by atoms with Crippen LogP contribution in [0.3, 0.4) is 0 Å². The fourth-order valence-electron chi connectivity index (χ4n) is 6.46. The fourth-order valence-corrected chi connectivity index (χ4v) is 6.79. The van der Waals surface area contributed by atoms with E-state index >= 15 is 0 Å². The number of phenols is 2. The second-order valence-corrected chi connectivity index (χ2v) is 14.5. The number of nitrogens with zero attached hydrogens (tertiary/aromatic N) is 1. The van der Waals surface area contributed by atoms with Crippen LogP contribution in [0.4, 0.5) is 4.39 Å². The van der Waals surface area contributed by atoms with Gasteiger partial charge in [-0.25, -0.2) is 4.18 Å². The molecule has 0 unspecified atom stereocenters. The zero-order valence-corrected chi connectivity index (χ0v) is 30.8. The molecule has 5 rings (SSSR count). The van der Waals surface area contributed by atoms with Crippen LogP contribution < -0.4 is 9.47 Å². The molecule has 0 radical (unpaired) electrons. The molecule has 0 aliphatic carbocycles. The molecule has 3 aromatic rings. The SMILES string of the molecule is CC1=C(c2cccc(O)c2)[C@H](c2ccc(OCCN3CC(CF)C3)cc2)Oc2ccc(O)cc21.CCCCCCCCCCCCOS(=O)(=O)O. The Kier molecular flexibility index (Phi) is 16.1. The minimum Gasteiger partial charge on any atom is -0.508 e. The summed E-state index contributed by atoms with van der Waals surface area (Å²) in [5.41, 5.74) is 4.56. The summed E-state index contributed by atoms with van der Waals surface area (Å²) in [5, 5.41) is 20.1. The fraction of sp³-hybridized carbons (Fsp3) is 0.500. The summed E-state index contributed by atoms with van der Waals surface area (Å²) < 4.78 is 57.9. The number of rotatable bonds is 19. The van der Waals surface area contributed by atoms with Crippen molar-refractivity contribution in [2.24, 2.45) is 5.92 Å². The van der Waals surface area contributed by atoms with Crippen LogP contribution in [0.1, 0.15) is 101 Å². The molecule has 11 heteroatoms. The maximum Gasteiger partial charge on any atom is 0.397 e. The first-order valence-corrected chi connectivity index (χ1v) is 19.6. The molecule has 2 aliphatic heterocycles. The van der Waals surface area contributed by atoms with Gasteiger partial charge in [-0.15, -0.1) is 0 Å². The minimum absolute atomic E-state index is 0.0926. The zero-order valence-electron chi connectivity index (χ0n) is 29.9. The average Bonchev–Trinajstić information content (AvgIpc) is 3.08. The Bertz CT molecular complexity index is 1640. The lowest BCUT2D eigenvalue weighted by Gasteiger charge is -2.37. The number of likely N-dealkylation sites (tertiary alicyclic amines) is 1. The van der Waals surface area contributed by atoms with Crippen LogP contribution in [-0.4, -0.2) is 67.6 Å². The molecule has 51 heavy (non-hydrogen) atoms. The van der Waals surface area contributed by atoms with Crippen LogP contribution in [0.15, 0.2) is 66.7 Å². The predicted octanol–water partition coefficient (Wildman–Crippen LogP) is 9.17. The molecule has 3 N–H and O–H groups in total. The molecular formula is C40H54FNO8S. The van der Waals surface area contributed by atoms with E-state index in [9.17, 15) is 23.0 Å². The third-order valence-corrected chi connectivity index (χ3v) is 9.74. The smallest absolute Gasteiger partial charge is 0.397 e. The highest BCUT2D eigenvalue weighted by atomic mass is 32.3. The van der Waals surface area contributed by atoms with E-state index in [1.54, 1.807) is 30.3 Å². The van der Waals surface area contributed by atoms with Gasteiger partial charge in [-0.05, 0) is 72.5 Å². The molecule has 0 bridgehead atoms.